The summed E-state index contributed by atoms with van der Waals surface area (Å²) in [5.74, 6) is 0. The molecule has 5 heteroatoms. The van der Waals surface area contributed by atoms with Crippen LogP contribution in [0.5, 0.6) is 0 Å². The van der Waals surface area contributed by atoms with E-state index < -0.39 is 12.6 Å². The van der Waals surface area contributed by atoms with Crippen LogP contribution >= 0.6 is 15.9 Å². The van der Waals surface area contributed by atoms with Gasteiger partial charge in [0.2, 0.25) is 0 Å². The first-order valence-electron chi connectivity index (χ1n) is 4.94. The number of rotatable bonds is 4. The Morgan fingerprint density at radius 1 is 1.38 bits per heavy atom. The van der Waals surface area contributed by atoms with Crippen LogP contribution in [0.15, 0.2) is 28.7 Å². The highest BCUT2D eigenvalue weighted by Crippen LogP contribution is 2.20. The van der Waals surface area contributed by atoms with Crippen molar-refractivity contribution in [2.24, 2.45) is 0 Å². The van der Waals surface area contributed by atoms with Gasteiger partial charge in [0, 0.05) is 17.1 Å². The van der Waals surface area contributed by atoms with Crippen molar-refractivity contribution in [1.29, 1.82) is 0 Å². The highest BCUT2D eigenvalue weighted by atomic mass is 79.9. The Hall–Kier alpha value is -0.550. The lowest BCUT2D eigenvalue weighted by Gasteiger charge is -2.15. The quantitative estimate of drug-likeness (QED) is 0.883. The average Bonchev–Trinajstić information content (AvgIpc) is 2.15. The third kappa shape index (κ3) is 4.99. The number of nitrogens with one attached hydrogen (secondary N) is 1. The monoisotopic (exact) mass is 295 g/mol. The minimum atomic E-state index is -4.09. The summed E-state index contributed by atoms with van der Waals surface area (Å²) in [5, 5.41) is 2.84. The van der Waals surface area contributed by atoms with E-state index in [9.17, 15) is 13.2 Å². The summed E-state index contributed by atoms with van der Waals surface area (Å²) in [5.41, 5.74) is 0.969. The maximum Gasteiger partial charge on any atom is 0.390 e. The molecule has 0 saturated carbocycles. The second-order valence-corrected chi connectivity index (χ2v) is 4.51. The van der Waals surface area contributed by atoms with Crippen molar-refractivity contribution in [3.05, 3.63) is 34.3 Å². The zero-order valence-corrected chi connectivity index (χ0v) is 10.4. The molecule has 0 heterocycles. The topological polar surface area (TPSA) is 12.0 Å². The van der Waals surface area contributed by atoms with Gasteiger partial charge in [-0.15, -0.1) is 0 Å². The van der Waals surface area contributed by atoms with Crippen LogP contribution in [-0.2, 0) is 0 Å². The van der Waals surface area contributed by atoms with Gasteiger partial charge < -0.3 is 5.32 Å². The van der Waals surface area contributed by atoms with Gasteiger partial charge in [-0.1, -0.05) is 28.1 Å². The zero-order chi connectivity index (χ0) is 12.2. The van der Waals surface area contributed by atoms with Gasteiger partial charge in [-0.25, -0.2) is 0 Å². The molecule has 0 bridgehead atoms. The van der Waals surface area contributed by atoms with Gasteiger partial charge in [-0.05, 0) is 24.6 Å². The van der Waals surface area contributed by atoms with Gasteiger partial charge in [0.15, 0.2) is 0 Å². The number of alkyl halides is 3. The van der Waals surface area contributed by atoms with Crippen molar-refractivity contribution < 1.29 is 13.2 Å². The third-order valence-corrected chi connectivity index (χ3v) is 2.70. The van der Waals surface area contributed by atoms with Crippen LogP contribution in [0.4, 0.5) is 13.2 Å². The molecule has 0 saturated heterocycles. The van der Waals surface area contributed by atoms with E-state index in [1.54, 1.807) is 0 Å². The molecule has 0 spiro atoms. The predicted octanol–water partition coefficient (Wildman–Crippen LogP) is 4.05. The molecule has 1 N–H and O–H groups in total. The van der Waals surface area contributed by atoms with Crippen LogP contribution in [0.25, 0.3) is 0 Å². The summed E-state index contributed by atoms with van der Waals surface area (Å²) in [6.45, 7) is 1.79. The minimum absolute atomic E-state index is 0.0584. The van der Waals surface area contributed by atoms with E-state index in [0.29, 0.717) is 0 Å². The molecule has 0 fully saturated rings. The Labute approximate surface area is 101 Å². The van der Waals surface area contributed by atoms with Crippen LogP contribution in [0, 0.1) is 0 Å². The van der Waals surface area contributed by atoms with Gasteiger partial charge in [-0.2, -0.15) is 13.2 Å². The van der Waals surface area contributed by atoms with Crippen LogP contribution < -0.4 is 5.32 Å². The second kappa shape index (κ2) is 5.68. The Morgan fingerprint density at radius 3 is 2.62 bits per heavy atom. The summed E-state index contributed by atoms with van der Waals surface area (Å²) in [6.07, 6.45) is -4.89. The maximum atomic E-state index is 11.9. The molecule has 16 heavy (non-hydrogen) atoms. The molecule has 90 valence electrons. The van der Waals surface area contributed by atoms with Crippen molar-refractivity contribution >= 4 is 15.9 Å². The fraction of sp³-hybridized carbons (Fsp3) is 0.455. The molecular formula is C11H13BrF3N. The molecule has 1 aromatic carbocycles. The lowest BCUT2D eigenvalue weighted by Crippen LogP contribution is -2.24. The van der Waals surface area contributed by atoms with Crippen molar-refractivity contribution in [2.45, 2.75) is 25.6 Å². The van der Waals surface area contributed by atoms with E-state index >= 15 is 0 Å². The minimum Gasteiger partial charge on any atom is -0.310 e. The standard InChI is InChI=1S/C11H13BrF3N/c1-8(16-6-5-11(13,14)15)9-3-2-4-10(12)7-9/h2-4,7-8,16H,5-6H2,1H3. The lowest BCUT2D eigenvalue weighted by atomic mass is 10.1. The zero-order valence-electron chi connectivity index (χ0n) is 8.81. The van der Waals surface area contributed by atoms with Crippen molar-refractivity contribution in [3.63, 3.8) is 0 Å². The molecule has 0 radical (unpaired) electrons. The SMILES string of the molecule is CC(NCCC(F)(F)F)c1cccc(Br)c1. The normalized spacial score (nSPS) is 13.8. The van der Waals surface area contributed by atoms with Crippen LogP contribution in [0.2, 0.25) is 0 Å². The highest BCUT2D eigenvalue weighted by Gasteiger charge is 2.26. The van der Waals surface area contributed by atoms with Crippen molar-refractivity contribution in [1.82, 2.24) is 5.32 Å². The first-order chi connectivity index (χ1) is 7.38. The molecule has 0 amide bonds. The van der Waals surface area contributed by atoms with Gasteiger partial charge in [0.25, 0.3) is 0 Å². The summed E-state index contributed by atoms with van der Waals surface area (Å²) >= 11 is 3.32. The summed E-state index contributed by atoms with van der Waals surface area (Å²) in [7, 11) is 0. The second-order valence-electron chi connectivity index (χ2n) is 3.60. The van der Waals surface area contributed by atoms with Crippen LogP contribution in [0.3, 0.4) is 0 Å². The van der Waals surface area contributed by atoms with Gasteiger partial charge in [0.1, 0.15) is 0 Å². The van der Waals surface area contributed by atoms with Crippen molar-refractivity contribution in [2.75, 3.05) is 6.54 Å². The highest BCUT2D eigenvalue weighted by molar-refractivity contribution is 9.10. The Kier molecular flexibility index (Phi) is 4.80. The van der Waals surface area contributed by atoms with Crippen LogP contribution in [0.1, 0.15) is 24.9 Å². The van der Waals surface area contributed by atoms with E-state index in [1.165, 1.54) is 0 Å². The largest absolute Gasteiger partial charge is 0.390 e. The molecule has 1 atom stereocenters. The fourth-order valence-corrected chi connectivity index (χ4v) is 1.74. The molecule has 0 aliphatic carbocycles. The van der Waals surface area contributed by atoms with E-state index in [2.05, 4.69) is 21.2 Å². The first kappa shape index (κ1) is 13.5. The molecule has 0 aliphatic rings. The molecule has 1 rings (SSSR count). The van der Waals surface area contributed by atoms with Crippen LogP contribution in [-0.4, -0.2) is 12.7 Å². The molecule has 1 aromatic rings. The third-order valence-electron chi connectivity index (χ3n) is 2.21. The molecule has 0 aliphatic heterocycles. The van der Waals surface area contributed by atoms with Gasteiger partial charge in [0.05, 0.1) is 6.42 Å². The molecular weight excluding hydrogens is 283 g/mol. The lowest BCUT2D eigenvalue weighted by molar-refractivity contribution is -0.133. The van der Waals surface area contributed by atoms with Crippen molar-refractivity contribution in [3.8, 4) is 0 Å². The molecule has 1 unspecified atom stereocenters. The summed E-state index contributed by atoms with van der Waals surface area (Å²) in [6, 6.07) is 7.44. The fourth-order valence-electron chi connectivity index (χ4n) is 1.32. The maximum absolute atomic E-state index is 11.9. The number of halogens is 4. The van der Waals surface area contributed by atoms with E-state index in [-0.39, 0.29) is 12.6 Å². The number of hydrogen-bond donors (Lipinski definition) is 1. The Morgan fingerprint density at radius 2 is 2.06 bits per heavy atom. The number of hydrogen-bond acceptors (Lipinski definition) is 1. The first-order valence-corrected chi connectivity index (χ1v) is 5.73. The van der Waals surface area contributed by atoms with E-state index in [1.807, 2.05) is 31.2 Å². The summed E-state index contributed by atoms with van der Waals surface area (Å²) < 4.78 is 36.7. The average molecular weight is 296 g/mol. The molecule has 1 nitrogen and oxygen atoms in total. The van der Waals surface area contributed by atoms with Gasteiger partial charge in [-0.3, -0.25) is 0 Å². The number of benzene rings is 1. The Balaban J connectivity index is 2.44. The van der Waals surface area contributed by atoms with E-state index in [0.717, 1.165) is 10.0 Å². The predicted molar refractivity (Wildman–Crippen MR) is 61.2 cm³/mol. The smallest absolute Gasteiger partial charge is 0.310 e. The Bertz CT molecular complexity index is 338. The van der Waals surface area contributed by atoms with Gasteiger partial charge >= 0.3 is 6.18 Å². The van der Waals surface area contributed by atoms with E-state index in [4.69, 9.17) is 0 Å². The summed E-state index contributed by atoms with van der Waals surface area (Å²) in [4.78, 5) is 0. The molecule has 0 aromatic heterocycles.